The van der Waals surface area contributed by atoms with Crippen LogP contribution in [-0.2, 0) is 11.2 Å². The van der Waals surface area contributed by atoms with Gasteiger partial charge in [-0.1, -0.05) is 19.1 Å². The maximum Gasteiger partial charge on any atom is 0.122 e. The van der Waals surface area contributed by atoms with Crippen molar-refractivity contribution < 1.29 is 14.6 Å². The first-order chi connectivity index (χ1) is 9.76. The summed E-state index contributed by atoms with van der Waals surface area (Å²) in [5.74, 6) is 0.903. The van der Waals surface area contributed by atoms with Crippen molar-refractivity contribution in [1.29, 1.82) is 0 Å². The summed E-state index contributed by atoms with van der Waals surface area (Å²) in [5.41, 5.74) is 2.63. The molecule has 1 aliphatic rings. The van der Waals surface area contributed by atoms with E-state index in [1.165, 1.54) is 24.0 Å². The molecule has 2 N–H and O–H groups in total. The largest absolute Gasteiger partial charge is 0.491 e. The Morgan fingerprint density at radius 2 is 2.25 bits per heavy atom. The molecule has 4 nitrogen and oxygen atoms in total. The molecule has 0 radical (unpaired) electrons. The van der Waals surface area contributed by atoms with Crippen LogP contribution in [0, 0.1) is 0 Å². The van der Waals surface area contributed by atoms with E-state index < -0.39 is 6.10 Å². The third-order valence-electron chi connectivity index (χ3n) is 3.71. The number of aliphatic hydroxyl groups is 1. The van der Waals surface area contributed by atoms with Gasteiger partial charge in [-0.15, -0.1) is 0 Å². The Morgan fingerprint density at radius 1 is 1.40 bits per heavy atom. The van der Waals surface area contributed by atoms with Gasteiger partial charge in [-0.05, 0) is 43.0 Å². The van der Waals surface area contributed by atoms with Gasteiger partial charge in [0, 0.05) is 13.2 Å². The van der Waals surface area contributed by atoms with Crippen molar-refractivity contribution in [3.05, 3.63) is 29.3 Å². The molecule has 0 saturated carbocycles. The minimum atomic E-state index is -0.580. The molecular weight excluding hydrogens is 254 g/mol. The van der Waals surface area contributed by atoms with Crippen LogP contribution in [0.5, 0.6) is 5.75 Å². The van der Waals surface area contributed by atoms with E-state index in [0.29, 0.717) is 12.6 Å². The zero-order chi connectivity index (χ0) is 14.4. The zero-order valence-corrected chi connectivity index (χ0v) is 12.4. The highest BCUT2D eigenvalue weighted by atomic mass is 16.5. The number of hydrogen-bond donors (Lipinski definition) is 2. The second-order valence-electron chi connectivity index (χ2n) is 5.25. The topological polar surface area (TPSA) is 50.7 Å². The summed E-state index contributed by atoms with van der Waals surface area (Å²) in [6.07, 6.45) is 2.82. The SMILES string of the molecule is CCNC1CCCc2c(OCC(O)COC)cccc21. The van der Waals surface area contributed by atoms with Crippen molar-refractivity contribution >= 4 is 0 Å². The smallest absolute Gasteiger partial charge is 0.122 e. The van der Waals surface area contributed by atoms with Gasteiger partial charge >= 0.3 is 0 Å². The number of hydrogen-bond acceptors (Lipinski definition) is 4. The zero-order valence-electron chi connectivity index (χ0n) is 12.4. The molecular formula is C16H25NO3. The number of aliphatic hydroxyl groups excluding tert-OH is 1. The van der Waals surface area contributed by atoms with Gasteiger partial charge in [0.2, 0.25) is 0 Å². The Kier molecular flexibility index (Phi) is 5.83. The summed E-state index contributed by atoms with van der Waals surface area (Å²) < 4.78 is 10.7. The van der Waals surface area contributed by atoms with Crippen LogP contribution in [0.15, 0.2) is 18.2 Å². The number of fused-ring (bicyclic) bond motifs is 1. The summed E-state index contributed by atoms with van der Waals surface area (Å²) in [4.78, 5) is 0. The molecule has 20 heavy (non-hydrogen) atoms. The first kappa shape index (κ1) is 15.3. The van der Waals surface area contributed by atoms with E-state index in [2.05, 4.69) is 18.3 Å². The second kappa shape index (κ2) is 7.62. The van der Waals surface area contributed by atoms with E-state index in [0.717, 1.165) is 18.7 Å². The fraction of sp³-hybridized carbons (Fsp3) is 0.625. The molecule has 0 saturated heterocycles. The summed E-state index contributed by atoms with van der Waals surface area (Å²) in [5, 5.41) is 13.2. The number of methoxy groups -OCH3 is 1. The second-order valence-corrected chi connectivity index (χ2v) is 5.25. The Labute approximate surface area is 121 Å². The van der Waals surface area contributed by atoms with Crippen LogP contribution in [0.1, 0.15) is 36.9 Å². The number of ether oxygens (including phenoxy) is 2. The first-order valence-electron chi connectivity index (χ1n) is 7.41. The minimum absolute atomic E-state index is 0.274. The van der Waals surface area contributed by atoms with Crippen LogP contribution in [0.25, 0.3) is 0 Å². The quantitative estimate of drug-likeness (QED) is 0.802. The Bertz CT molecular complexity index is 422. The lowest BCUT2D eigenvalue weighted by Crippen LogP contribution is -2.26. The molecule has 1 aromatic carbocycles. The number of benzene rings is 1. The van der Waals surface area contributed by atoms with E-state index >= 15 is 0 Å². The van der Waals surface area contributed by atoms with Gasteiger partial charge < -0.3 is 19.9 Å². The van der Waals surface area contributed by atoms with E-state index in [1.807, 2.05) is 12.1 Å². The van der Waals surface area contributed by atoms with Crippen molar-refractivity contribution in [3.63, 3.8) is 0 Å². The van der Waals surface area contributed by atoms with Crippen LogP contribution < -0.4 is 10.1 Å². The molecule has 0 spiro atoms. The standard InChI is InChI=1S/C16H25NO3/c1-3-17-15-8-4-7-14-13(15)6-5-9-16(14)20-11-12(18)10-19-2/h5-6,9,12,15,17-18H,3-4,7-8,10-11H2,1-2H3. The Morgan fingerprint density at radius 3 is 3.00 bits per heavy atom. The minimum Gasteiger partial charge on any atom is -0.491 e. The summed E-state index contributed by atoms with van der Waals surface area (Å²) in [6.45, 7) is 3.68. The predicted octanol–water partition coefficient (Wildman–Crippen LogP) is 2.06. The lowest BCUT2D eigenvalue weighted by atomic mass is 9.87. The summed E-state index contributed by atoms with van der Waals surface area (Å²) in [7, 11) is 1.58. The monoisotopic (exact) mass is 279 g/mol. The van der Waals surface area contributed by atoms with Crippen molar-refractivity contribution in [2.75, 3.05) is 26.9 Å². The molecule has 0 fully saturated rings. The number of rotatable bonds is 7. The molecule has 1 aliphatic carbocycles. The van der Waals surface area contributed by atoms with Crippen molar-refractivity contribution in [2.24, 2.45) is 0 Å². The highest BCUT2D eigenvalue weighted by molar-refractivity contribution is 5.43. The van der Waals surface area contributed by atoms with Gasteiger partial charge in [-0.3, -0.25) is 0 Å². The predicted molar refractivity (Wildman–Crippen MR) is 79.2 cm³/mol. The van der Waals surface area contributed by atoms with Gasteiger partial charge in [0.15, 0.2) is 0 Å². The van der Waals surface area contributed by atoms with E-state index in [4.69, 9.17) is 9.47 Å². The van der Waals surface area contributed by atoms with E-state index in [-0.39, 0.29) is 6.61 Å². The van der Waals surface area contributed by atoms with E-state index in [1.54, 1.807) is 7.11 Å². The third kappa shape index (κ3) is 3.72. The highest BCUT2D eigenvalue weighted by Gasteiger charge is 2.22. The van der Waals surface area contributed by atoms with Crippen LogP contribution in [0.2, 0.25) is 0 Å². The highest BCUT2D eigenvalue weighted by Crippen LogP contribution is 2.35. The molecule has 2 unspecified atom stereocenters. The molecule has 112 valence electrons. The maximum absolute atomic E-state index is 9.69. The van der Waals surface area contributed by atoms with Gasteiger partial charge in [0.25, 0.3) is 0 Å². The molecule has 1 aromatic rings. The molecule has 0 aliphatic heterocycles. The lowest BCUT2D eigenvalue weighted by molar-refractivity contribution is 0.0322. The summed E-state index contributed by atoms with van der Waals surface area (Å²) in [6, 6.07) is 6.63. The fourth-order valence-electron chi connectivity index (χ4n) is 2.84. The Hall–Kier alpha value is -1.10. The van der Waals surface area contributed by atoms with Crippen molar-refractivity contribution in [3.8, 4) is 5.75 Å². The van der Waals surface area contributed by atoms with Gasteiger partial charge in [-0.2, -0.15) is 0 Å². The van der Waals surface area contributed by atoms with Crippen LogP contribution in [0.4, 0.5) is 0 Å². The normalized spacial score (nSPS) is 19.4. The van der Waals surface area contributed by atoms with Gasteiger partial charge in [0.1, 0.15) is 18.5 Å². The molecule has 0 aromatic heterocycles. The van der Waals surface area contributed by atoms with Gasteiger partial charge in [0.05, 0.1) is 6.61 Å². The maximum atomic E-state index is 9.69. The number of nitrogens with one attached hydrogen (secondary N) is 1. The molecule has 2 atom stereocenters. The van der Waals surface area contributed by atoms with Crippen LogP contribution >= 0.6 is 0 Å². The van der Waals surface area contributed by atoms with Crippen LogP contribution in [-0.4, -0.2) is 38.1 Å². The third-order valence-corrected chi connectivity index (χ3v) is 3.71. The lowest BCUT2D eigenvalue weighted by Gasteiger charge is -2.28. The summed E-state index contributed by atoms with van der Waals surface area (Å²) >= 11 is 0. The average molecular weight is 279 g/mol. The molecule has 0 bridgehead atoms. The molecule has 0 heterocycles. The average Bonchev–Trinajstić information content (AvgIpc) is 2.46. The van der Waals surface area contributed by atoms with Crippen LogP contribution in [0.3, 0.4) is 0 Å². The van der Waals surface area contributed by atoms with E-state index in [9.17, 15) is 5.11 Å². The first-order valence-corrected chi connectivity index (χ1v) is 7.41. The molecule has 0 amide bonds. The van der Waals surface area contributed by atoms with Crippen molar-refractivity contribution in [1.82, 2.24) is 5.32 Å². The Balaban J connectivity index is 2.09. The molecule has 2 rings (SSSR count). The fourth-order valence-corrected chi connectivity index (χ4v) is 2.84. The molecule has 4 heteroatoms. The van der Waals surface area contributed by atoms with Gasteiger partial charge in [-0.25, -0.2) is 0 Å². The van der Waals surface area contributed by atoms with Crippen molar-refractivity contribution in [2.45, 2.75) is 38.3 Å².